The minimum Gasteiger partial charge on any atom is -0.508 e. The van der Waals surface area contributed by atoms with Gasteiger partial charge in [0.05, 0.1) is 12.6 Å². The summed E-state index contributed by atoms with van der Waals surface area (Å²) in [5.74, 6) is -5.20. The first kappa shape index (κ1) is 30.7. The number of hydrogen-bond acceptors (Lipinski definition) is 8. The van der Waals surface area contributed by atoms with Crippen LogP contribution in [-0.2, 0) is 36.8 Å². The molecule has 2 aromatic rings. The van der Waals surface area contributed by atoms with Crippen molar-refractivity contribution < 1.29 is 44.4 Å². The smallest absolute Gasteiger partial charge is 0.328 e. The van der Waals surface area contributed by atoms with E-state index in [9.17, 15) is 34.2 Å². The number of phenols is 1. The molecule has 0 bridgehead atoms. The predicted octanol–water partition coefficient (Wildman–Crippen LogP) is -1.10. The highest BCUT2D eigenvalue weighted by atomic mass is 16.4. The summed E-state index contributed by atoms with van der Waals surface area (Å²) in [4.78, 5) is 61.3. The number of aromatic hydroxyl groups is 1. The number of nitrogens with one attached hydrogen (secondary N) is 3. The first-order chi connectivity index (χ1) is 18.5. The van der Waals surface area contributed by atoms with Crippen molar-refractivity contribution in [2.24, 2.45) is 5.73 Å². The molecular formula is C26H32N4O9. The molecule has 4 unspecified atom stereocenters. The molecule has 39 heavy (non-hydrogen) atoms. The van der Waals surface area contributed by atoms with E-state index in [1.807, 2.05) is 0 Å². The fraction of sp³-hybridized carbons (Fsp3) is 0.346. The van der Waals surface area contributed by atoms with Gasteiger partial charge in [0.15, 0.2) is 0 Å². The van der Waals surface area contributed by atoms with Crippen molar-refractivity contribution in [2.45, 2.75) is 49.9 Å². The van der Waals surface area contributed by atoms with Crippen LogP contribution in [0.1, 0.15) is 24.0 Å². The molecule has 0 heterocycles. The van der Waals surface area contributed by atoms with Crippen molar-refractivity contribution in [3.05, 3.63) is 65.7 Å². The second-order valence-electron chi connectivity index (χ2n) is 8.80. The Morgan fingerprint density at radius 2 is 1.26 bits per heavy atom. The second kappa shape index (κ2) is 15.1. The Kier molecular flexibility index (Phi) is 11.9. The summed E-state index contributed by atoms with van der Waals surface area (Å²) in [7, 11) is 0. The molecule has 13 heteroatoms. The summed E-state index contributed by atoms with van der Waals surface area (Å²) in [6, 6.07) is 9.06. The first-order valence-electron chi connectivity index (χ1n) is 12.0. The Balaban J connectivity index is 2.19. The quantitative estimate of drug-likeness (QED) is 0.135. The van der Waals surface area contributed by atoms with Gasteiger partial charge in [-0.3, -0.25) is 19.2 Å². The standard InChI is InChI=1S/C26H32N4O9/c27-18(12-16-6-8-17(32)9-7-16)23(35)28-19(10-11-22(33)34)24(36)29-20(13-15-4-2-1-3-5-15)25(37)30-21(14-31)26(38)39/h1-9,18-21,31-32H,10-14,27H2,(H,28,35)(H,29,36)(H,30,37)(H,33,34)(H,38,39). The van der Waals surface area contributed by atoms with Crippen molar-refractivity contribution >= 4 is 29.7 Å². The maximum absolute atomic E-state index is 13.2. The molecule has 2 aromatic carbocycles. The van der Waals surface area contributed by atoms with E-state index in [4.69, 9.17) is 15.9 Å². The maximum atomic E-state index is 13.2. The number of carboxylic acids is 2. The molecule has 0 saturated heterocycles. The molecule has 2 rings (SSSR count). The minimum absolute atomic E-state index is 0.0323. The number of benzene rings is 2. The SMILES string of the molecule is NC(Cc1ccc(O)cc1)C(=O)NC(CCC(=O)O)C(=O)NC(Cc1ccccc1)C(=O)NC(CO)C(=O)O. The van der Waals surface area contributed by atoms with Gasteiger partial charge in [-0.15, -0.1) is 0 Å². The molecule has 0 aliphatic heterocycles. The van der Waals surface area contributed by atoms with Gasteiger partial charge in [-0.2, -0.15) is 0 Å². The zero-order chi connectivity index (χ0) is 28.9. The van der Waals surface area contributed by atoms with Crippen LogP contribution in [0, 0.1) is 0 Å². The Bertz CT molecular complexity index is 1140. The van der Waals surface area contributed by atoms with E-state index in [1.165, 1.54) is 12.1 Å². The number of carbonyl (C=O) groups excluding carboxylic acids is 3. The van der Waals surface area contributed by atoms with Crippen molar-refractivity contribution in [3.8, 4) is 5.75 Å². The second-order valence-corrected chi connectivity index (χ2v) is 8.80. The van der Waals surface area contributed by atoms with Crippen molar-refractivity contribution in [1.29, 1.82) is 0 Å². The van der Waals surface area contributed by atoms with Crippen LogP contribution in [0.5, 0.6) is 5.75 Å². The van der Waals surface area contributed by atoms with Crippen molar-refractivity contribution in [2.75, 3.05) is 6.61 Å². The average Bonchev–Trinajstić information content (AvgIpc) is 2.90. The highest BCUT2D eigenvalue weighted by molar-refractivity contribution is 5.94. The van der Waals surface area contributed by atoms with Crippen LogP contribution in [0.2, 0.25) is 0 Å². The largest absolute Gasteiger partial charge is 0.508 e. The summed E-state index contributed by atoms with van der Waals surface area (Å²) in [6.07, 6.45) is -0.786. The molecule has 0 radical (unpaired) electrons. The van der Waals surface area contributed by atoms with E-state index >= 15 is 0 Å². The molecule has 9 N–H and O–H groups in total. The molecule has 0 aliphatic rings. The van der Waals surface area contributed by atoms with Gasteiger partial charge in [0.25, 0.3) is 0 Å². The van der Waals surface area contributed by atoms with Gasteiger partial charge in [0.1, 0.15) is 23.9 Å². The summed E-state index contributed by atoms with van der Waals surface area (Å²) in [6.45, 7) is -0.886. The van der Waals surface area contributed by atoms with Crippen molar-refractivity contribution in [3.63, 3.8) is 0 Å². The predicted molar refractivity (Wildman–Crippen MR) is 137 cm³/mol. The molecule has 0 saturated carbocycles. The lowest BCUT2D eigenvalue weighted by molar-refractivity contribution is -0.143. The van der Waals surface area contributed by atoms with E-state index in [-0.39, 0.29) is 25.0 Å². The molecule has 4 atom stereocenters. The van der Waals surface area contributed by atoms with Gasteiger partial charge in [0.2, 0.25) is 17.7 Å². The number of phenolic OH excluding ortho intramolecular Hbond substituents is 1. The van der Waals surface area contributed by atoms with E-state index in [0.717, 1.165) is 0 Å². The lowest BCUT2D eigenvalue weighted by Gasteiger charge is -2.25. The van der Waals surface area contributed by atoms with E-state index in [2.05, 4.69) is 16.0 Å². The van der Waals surface area contributed by atoms with E-state index in [0.29, 0.717) is 11.1 Å². The van der Waals surface area contributed by atoms with Crippen LogP contribution in [0.4, 0.5) is 0 Å². The number of nitrogens with two attached hydrogens (primary N) is 1. The van der Waals surface area contributed by atoms with Gasteiger partial charge in [0, 0.05) is 12.8 Å². The van der Waals surface area contributed by atoms with Gasteiger partial charge in [-0.05, 0) is 36.1 Å². The third kappa shape index (κ3) is 10.4. The van der Waals surface area contributed by atoms with Crippen LogP contribution >= 0.6 is 0 Å². The topological polar surface area (TPSA) is 228 Å². The number of aliphatic carboxylic acids is 2. The lowest BCUT2D eigenvalue weighted by atomic mass is 10.0. The third-order valence-corrected chi connectivity index (χ3v) is 5.72. The molecule has 0 aliphatic carbocycles. The minimum atomic E-state index is -1.62. The summed E-state index contributed by atoms with van der Waals surface area (Å²) < 4.78 is 0. The number of carboxylic acid groups (broad SMARTS) is 2. The molecule has 3 amide bonds. The van der Waals surface area contributed by atoms with Crippen molar-refractivity contribution in [1.82, 2.24) is 16.0 Å². The van der Waals surface area contributed by atoms with Gasteiger partial charge >= 0.3 is 11.9 Å². The number of aliphatic hydroxyl groups is 1. The number of hydrogen-bond donors (Lipinski definition) is 8. The summed E-state index contributed by atoms with van der Waals surface area (Å²) >= 11 is 0. The lowest BCUT2D eigenvalue weighted by Crippen LogP contribution is -2.58. The van der Waals surface area contributed by atoms with Crippen LogP contribution < -0.4 is 21.7 Å². The number of amides is 3. The van der Waals surface area contributed by atoms with Gasteiger partial charge in [-0.25, -0.2) is 4.79 Å². The highest BCUT2D eigenvalue weighted by Gasteiger charge is 2.30. The van der Waals surface area contributed by atoms with Gasteiger partial charge in [-0.1, -0.05) is 42.5 Å². The third-order valence-electron chi connectivity index (χ3n) is 5.72. The summed E-state index contributed by atoms with van der Waals surface area (Å²) in [5, 5.41) is 44.0. The summed E-state index contributed by atoms with van der Waals surface area (Å²) in [5.41, 5.74) is 7.23. The molecule has 0 fully saturated rings. The van der Waals surface area contributed by atoms with Crippen LogP contribution in [0.15, 0.2) is 54.6 Å². The highest BCUT2D eigenvalue weighted by Crippen LogP contribution is 2.11. The van der Waals surface area contributed by atoms with E-state index in [1.54, 1.807) is 42.5 Å². The Labute approximate surface area is 224 Å². The number of carbonyl (C=O) groups is 5. The molecule has 13 nitrogen and oxygen atoms in total. The van der Waals surface area contributed by atoms with Gasteiger partial charge < -0.3 is 42.1 Å². The number of aliphatic hydroxyl groups excluding tert-OH is 1. The van der Waals surface area contributed by atoms with Crippen LogP contribution in [0.25, 0.3) is 0 Å². The Hall–Kier alpha value is -4.49. The number of rotatable bonds is 15. The average molecular weight is 545 g/mol. The van der Waals surface area contributed by atoms with Crippen LogP contribution in [-0.4, -0.2) is 80.9 Å². The fourth-order valence-corrected chi connectivity index (χ4v) is 3.58. The molecular weight excluding hydrogens is 512 g/mol. The monoisotopic (exact) mass is 544 g/mol. The zero-order valence-corrected chi connectivity index (χ0v) is 20.9. The van der Waals surface area contributed by atoms with E-state index < -0.39 is 66.9 Å². The molecule has 0 aromatic heterocycles. The first-order valence-corrected chi connectivity index (χ1v) is 12.0. The zero-order valence-electron chi connectivity index (χ0n) is 20.9. The molecule has 0 spiro atoms. The Morgan fingerprint density at radius 1 is 0.718 bits per heavy atom. The fourth-order valence-electron chi connectivity index (χ4n) is 3.58. The van der Waals surface area contributed by atoms with Crippen LogP contribution in [0.3, 0.4) is 0 Å². The maximum Gasteiger partial charge on any atom is 0.328 e. The molecule has 210 valence electrons. The normalized spacial score (nSPS) is 13.8. The Morgan fingerprint density at radius 3 is 1.82 bits per heavy atom.